The van der Waals surface area contributed by atoms with Crippen LogP contribution in [0.3, 0.4) is 0 Å². The first-order valence-corrected chi connectivity index (χ1v) is 6.50. The quantitative estimate of drug-likeness (QED) is 0.773. The number of hydrogen-bond donors (Lipinski definition) is 3. The van der Waals surface area contributed by atoms with Crippen molar-refractivity contribution < 1.29 is 9.53 Å². The lowest BCUT2D eigenvalue weighted by Gasteiger charge is -2.21. The summed E-state index contributed by atoms with van der Waals surface area (Å²) in [5.41, 5.74) is 6.59. The molecule has 1 aliphatic heterocycles. The number of amides is 1. The van der Waals surface area contributed by atoms with Crippen molar-refractivity contribution in [2.75, 3.05) is 25.5 Å². The molecular formula is C12H16BrN3O2. The summed E-state index contributed by atoms with van der Waals surface area (Å²) in [5, 5.41) is 6.55. The molecule has 2 atom stereocenters. The van der Waals surface area contributed by atoms with Crippen molar-refractivity contribution in [3.05, 3.63) is 28.2 Å². The molecule has 5 nitrogen and oxygen atoms in total. The molecule has 6 heteroatoms. The van der Waals surface area contributed by atoms with Gasteiger partial charge in [0.05, 0.1) is 17.7 Å². The molecule has 1 aromatic carbocycles. The van der Waals surface area contributed by atoms with E-state index in [1.807, 2.05) is 12.1 Å². The Balaban J connectivity index is 2.20. The van der Waals surface area contributed by atoms with Crippen LogP contribution in [-0.2, 0) is 4.74 Å². The summed E-state index contributed by atoms with van der Waals surface area (Å²) >= 11 is 3.33. The molecule has 18 heavy (non-hydrogen) atoms. The van der Waals surface area contributed by atoms with Gasteiger partial charge < -0.3 is 21.1 Å². The van der Waals surface area contributed by atoms with Gasteiger partial charge in [0.25, 0.3) is 5.91 Å². The van der Waals surface area contributed by atoms with Gasteiger partial charge in [-0.1, -0.05) is 15.9 Å². The summed E-state index contributed by atoms with van der Waals surface area (Å²) in [6.45, 7) is 1.60. The number of carbonyl (C=O) groups is 1. The third kappa shape index (κ3) is 2.82. The highest BCUT2D eigenvalue weighted by Crippen LogP contribution is 2.22. The maximum absolute atomic E-state index is 11.4. The fourth-order valence-electron chi connectivity index (χ4n) is 2.09. The Bertz CT molecular complexity index is 453. The zero-order valence-corrected chi connectivity index (χ0v) is 11.7. The predicted octanol–water partition coefficient (Wildman–Crippen LogP) is 0.947. The first kappa shape index (κ1) is 13.3. The molecule has 0 aromatic heterocycles. The fraction of sp³-hybridized carbons (Fsp3) is 0.417. The Kier molecular flexibility index (Phi) is 4.21. The predicted molar refractivity (Wildman–Crippen MR) is 73.7 cm³/mol. The zero-order valence-electron chi connectivity index (χ0n) is 10.1. The Labute approximate surface area is 114 Å². The van der Waals surface area contributed by atoms with Gasteiger partial charge >= 0.3 is 0 Å². The lowest BCUT2D eigenvalue weighted by Crippen LogP contribution is -2.34. The second kappa shape index (κ2) is 5.69. The molecule has 1 aliphatic rings. The standard InChI is InChI=1S/C12H16BrN3O2/c1-18-11-6-15-5-10(11)16-9-3-2-7(13)4-8(9)12(14)17/h2-4,10-11,15-16H,5-6H2,1H3,(H2,14,17)/t10?,11-/m0/s1. The molecule has 1 saturated heterocycles. The van der Waals surface area contributed by atoms with E-state index in [1.54, 1.807) is 13.2 Å². The Morgan fingerprint density at radius 3 is 3.00 bits per heavy atom. The highest BCUT2D eigenvalue weighted by atomic mass is 79.9. The van der Waals surface area contributed by atoms with Crippen LogP contribution in [0.25, 0.3) is 0 Å². The summed E-state index contributed by atoms with van der Waals surface area (Å²) in [6.07, 6.45) is 0.0920. The van der Waals surface area contributed by atoms with Gasteiger partial charge in [0.1, 0.15) is 0 Å². The van der Waals surface area contributed by atoms with Crippen LogP contribution in [0.4, 0.5) is 5.69 Å². The minimum Gasteiger partial charge on any atom is -0.378 e. The molecular weight excluding hydrogens is 298 g/mol. The van der Waals surface area contributed by atoms with E-state index < -0.39 is 5.91 Å². The highest BCUT2D eigenvalue weighted by Gasteiger charge is 2.27. The molecule has 1 heterocycles. The summed E-state index contributed by atoms with van der Waals surface area (Å²) < 4.78 is 6.20. The molecule has 0 bridgehead atoms. The lowest BCUT2D eigenvalue weighted by atomic mass is 10.1. The number of benzene rings is 1. The molecule has 98 valence electrons. The van der Waals surface area contributed by atoms with Crippen LogP contribution >= 0.6 is 15.9 Å². The van der Waals surface area contributed by atoms with Crippen molar-refractivity contribution >= 4 is 27.5 Å². The number of hydrogen-bond acceptors (Lipinski definition) is 4. The largest absolute Gasteiger partial charge is 0.378 e. The third-order valence-corrected chi connectivity index (χ3v) is 3.54. The maximum Gasteiger partial charge on any atom is 0.250 e. The van der Waals surface area contributed by atoms with Crippen molar-refractivity contribution in [1.82, 2.24) is 5.32 Å². The van der Waals surface area contributed by atoms with Crippen LogP contribution in [0.2, 0.25) is 0 Å². The van der Waals surface area contributed by atoms with Gasteiger partial charge in [-0.2, -0.15) is 0 Å². The van der Waals surface area contributed by atoms with E-state index in [-0.39, 0.29) is 12.1 Å². The second-order valence-electron chi connectivity index (χ2n) is 4.24. The summed E-state index contributed by atoms with van der Waals surface area (Å²) in [4.78, 5) is 11.4. The first-order valence-electron chi connectivity index (χ1n) is 5.71. The molecule has 0 saturated carbocycles. The van der Waals surface area contributed by atoms with E-state index in [9.17, 15) is 4.79 Å². The number of primary amides is 1. The monoisotopic (exact) mass is 313 g/mol. The maximum atomic E-state index is 11.4. The average Bonchev–Trinajstić information content (AvgIpc) is 2.78. The highest BCUT2D eigenvalue weighted by molar-refractivity contribution is 9.10. The first-order chi connectivity index (χ1) is 8.61. The van der Waals surface area contributed by atoms with Crippen molar-refractivity contribution in [2.24, 2.45) is 5.73 Å². The lowest BCUT2D eigenvalue weighted by molar-refractivity contribution is 0.0999. The van der Waals surface area contributed by atoms with E-state index in [0.717, 1.165) is 23.2 Å². The van der Waals surface area contributed by atoms with Gasteiger partial charge in [0.15, 0.2) is 0 Å². The second-order valence-corrected chi connectivity index (χ2v) is 5.15. The number of ether oxygens (including phenoxy) is 1. The smallest absolute Gasteiger partial charge is 0.250 e. The van der Waals surface area contributed by atoms with Crippen LogP contribution in [0, 0.1) is 0 Å². The Morgan fingerprint density at radius 2 is 2.33 bits per heavy atom. The van der Waals surface area contributed by atoms with Crippen LogP contribution in [0.5, 0.6) is 0 Å². The number of methoxy groups -OCH3 is 1. The third-order valence-electron chi connectivity index (χ3n) is 3.05. The topological polar surface area (TPSA) is 76.4 Å². The number of halogens is 1. The SMILES string of the molecule is CO[C@H]1CNCC1Nc1ccc(Br)cc1C(N)=O. The molecule has 0 spiro atoms. The van der Waals surface area contributed by atoms with Crippen molar-refractivity contribution in [3.8, 4) is 0 Å². The van der Waals surface area contributed by atoms with Gasteiger partial charge in [0.2, 0.25) is 0 Å². The van der Waals surface area contributed by atoms with E-state index in [0.29, 0.717) is 5.56 Å². The van der Waals surface area contributed by atoms with E-state index in [1.165, 1.54) is 0 Å². The fourth-order valence-corrected chi connectivity index (χ4v) is 2.45. The van der Waals surface area contributed by atoms with Gasteiger partial charge in [-0.25, -0.2) is 0 Å². The van der Waals surface area contributed by atoms with Crippen LogP contribution in [0.15, 0.2) is 22.7 Å². The number of nitrogens with one attached hydrogen (secondary N) is 2. The van der Waals surface area contributed by atoms with Gasteiger partial charge in [-0.3, -0.25) is 4.79 Å². The van der Waals surface area contributed by atoms with Crippen molar-refractivity contribution in [1.29, 1.82) is 0 Å². The Morgan fingerprint density at radius 1 is 1.56 bits per heavy atom. The van der Waals surface area contributed by atoms with Gasteiger partial charge in [0, 0.05) is 30.4 Å². The molecule has 1 unspecified atom stereocenters. The van der Waals surface area contributed by atoms with Crippen molar-refractivity contribution in [2.45, 2.75) is 12.1 Å². The van der Waals surface area contributed by atoms with E-state index in [2.05, 4.69) is 26.6 Å². The minimum absolute atomic E-state index is 0.0920. The average molecular weight is 314 g/mol. The van der Waals surface area contributed by atoms with Crippen LogP contribution < -0.4 is 16.4 Å². The number of anilines is 1. The van der Waals surface area contributed by atoms with Gasteiger partial charge in [-0.05, 0) is 18.2 Å². The Hall–Kier alpha value is -1.11. The summed E-state index contributed by atoms with van der Waals surface area (Å²) in [7, 11) is 1.68. The molecule has 1 aromatic rings. The van der Waals surface area contributed by atoms with Gasteiger partial charge in [-0.15, -0.1) is 0 Å². The van der Waals surface area contributed by atoms with E-state index >= 15 is 0 Å². The summed E-state index contributed by atoms with van der Waals surface area (Å²) in [5.74, 6) is -0.446. The molecule has 1 amide bonds. The number of carbonyl (C=O) groups excluding carboxylic acids is 1. The summed E-state index contributed by atoms with van der Waals surface area (Å²) in [6, 6.07) is 5.57. The van der Waals surface area contributed by atoms with Crippen LogP contribution in [-0.4, -0.2) is 38.3 Å². The zero-order chi connectivity index (χ0) is 13.1. The number of nitrogens with two attached hydrogens (primary N) is 1. The normalized spacial score (nSPS) is 23.0. The molecule has 0 aliphatic carbocycles. The van der Waals surface area contributed by atoms with Crippen LogP contribution in [0.1, 0.15) is 10.4 Å². The minimum atomic E-state index is -0.446. The molecule has 2 rings (SSSR count). The van der Waals surface area contributed by atoms with Crippen molar-refractivity contribution in [3.63, 3.8) is 0 Å². The molecule has 4 N–H and O–H groups in total. The number of rotatable bonds is 4. The van der Waals surface area contributed by atoms with E-state index in [4.69, 9.17) is 10.5 Å². The molecule has 1 fully saturated rings. The molecule has 0 radical (unpaired) electrons.